The third-order valence-corrected chi connectivity index (χ3v) is 2.92. The van der Waals surface area contributed by atoms with E-state index in [0.29, 0.717) is 5.37 Å². The van der Waals surface area contributed by atoms with Crippen molar-refractivity contribution in [3.63, 3.8) is 0 Å². The van der Waals surface area contributed by atoms with E-state index >= 15 is 0 Å². The summed E-state index contributed by atoms with van der Waals surface area (Å²) in [4.78, 5) is 10.8. The topological polar surface area (TPSA) is 29.1 Å². The molecule has 2 nitrogen and oxygen atoms in total. The van der Waals surface area contributed by atoms with Gasteiger partial charge in [0.1, 0.15) is 0 Å². The second-order valence-corrected chi connectivity index (χ2v) is 3.75. The van der Waals surface area contributed by atoms with Gasteiger partial charge in [0.2, 0.25) is 5.91 Å². The van der Waals surface area contributed by atoms with Crippen molar-refractivity contribution < 1.29 is 4.79 Å². The SMILES string of the molecule is CSC1NC(=O)C1(C)C. The highest BCUT2D eigenvalue weighted by Gasteiger charge is 2.46. The Kier molecular flexibility index (Phi) is 1.47. The number of thioether (sulfide) groups is 1. The molecule has 0 saturated carbocycles. The van der Waals surface area contributed by atoms with Crippen LogP contribution in [-0.2, 0) is 4.79 Å². The first-order valence-electron chi connectivity index (χ1n) is 2.93. The van der Waals surface area contributed by atoms with Crippen LogP contribution < -0.4 is 5.32 Å². The molecular weight excluding hydrogens is 134 g/mol. The van der Waals surface area contributed by atoms with Crippen molar-refractivity contribution in [2.75, 3.05) is 6.26 Å². The molecule has 0 aromatic heterocycles. The third-order valence-electron chi connectivity index (χ3n) is 1.74. The Bertz CT molecular complexity index is 144. The average Bonchev–Trinajstić information content (AvgIpc) is 1.82. The minimum absolute atomic E-state index is 0.139. The Morgan fingerprint density at radius 2 is 2.22 bits per heavy atom. The molecule has 52 valence electrons. The molecule has 1 aliphatic heterocycles. The number of amides is 1. The Hall–Kier alpha value is -0.180. The van der Waals surface area contributed by atoms with Crippen LogP contribution in [0, 0.1) is 5.41 Å². The number of hydrogen-bond donors (Lipinski definition) is 1. The van der Waals surface area contributed by atoms with E-state index in [2.05, 4.69) is 5.32 Å². The fourth-order valence-electron chi connectivity index (χ4n) is 0.880. The van der Waals surface area contributed by atoms with E-state index in [4.69, 9.17) is 0 Å². The van der Waals surface area contributed by atoms with Crippen molar-refractivity contribution in [1.29, 1.82) is 0 Å². The van der Waals surface area contributed by atoms with Gasteiger partial charge in [-0.05, 0) is 20.1 Å². The second-order valence-electron chi connectivity index (χ2n) is 2.81. The average molecular weight is 145 g/mol. The molecule has 1 atom stereocenters. The highest BCUT2D eigenvalue weighted by molar-refractivity contribution is 7.99. The van der Waals surface area contributed by atoms with Gasteiger partial charge < -0.3 is 5.32 Å². The fraction of sp³-hybridized carbons (Fsp3) is 0.833. The molecule has 9 heavy (non-hydrogen) atoms. The van der Waals surface area contributed by atoms with Gasteiger partial charge in [0.15, 0.2) is 0 Å². The lowest BCUT2D eigenvalue weighted by molar-refractivity contribution is -0.138. The summed E-state index contributed by atoms with van der Waals surface area (Å²) >= 11 is 1.69. The predicted octanol–water partition coefficient (Wildman–Crippen LogP) is 0.831. The van der Waals surface area contributed by atoms with Gasteiger partial charge in [0, 0.05) is 0 Å². The van der Waals surface area contributed by atoms with Crippen LogP contribution in [0.1, 0.15) is 13.8 Å². The van der Waals surface area contributed by atoms with Gasteiger partial charge in [-0.3, -0.25) is 4.79 Å². The maximum Gasteiger partial charge on any atom is 0.229 e. The minimum Gasteiger partial charge on any atom is -0.343 e. The summed E-state index contributed by atoms with van der Waals surface area (Å²) in [6.45, 7) is 3.93. The Labute approximate surface area is 59.4 Å². The molecule has 1 amide bonds. The van der Waals surface area contributed by atoms with E-state index in [0.717, 1.165) is 0 Å². The zero-order valence-corrected chi connectivity index (χ0v) is 6.71. The van der Waals surface area contributed by atoms with Crippen LogP contribution in [0.2, 0.25) is 0 Å². The van der Waals surface area contributed by atoms with Crippen LogP contribution in [0.3, 0.4) is 0 Å². The number of carbonyl (C=O) groups is 1. The fourth-order valence-corrected chi connectivity index (χ4v) is 1.80. The summed E-state index contributed by atoms with van der Waals surface area (Å²) in [7, 11) is 0. The van der Waals surface area contributed by atoms with Crippen molar-refractivity contribution in [2.24, 2.45) is 5.41 Å². The van der Waals surface area contributed by atoms with Crippen molar-refractivity contribution in [2.45, 2.75) is 19.2 Å². The predicted molar refractivity (Wildman–Crippen MR) is 39.2 cm³/mol. The molecule has 1 unspecified atom stereocenters. The molecular formula is C6H11NOS. The van der Waals surface area contributed by atoms with Gasteiger partial charge in [0.25, 0.3) is 0 Å². The van der Waals surface area contributed by atoms with Crippen molar-refractivity contribution in [3.05, 3.63) is 0 Å². The molecule has 0 radical (unpaired) electrons. The Morgan fingerprint density at radius 1 is 1.67 bits per heavy atom. The minimum atomic E-state index is -0.139. The highest BCUT2D eigenvalue weighted by Crippen LogP contribution is 2.35. The lowest BCUT2D eigenvalue weighted by Gasteiger charge is -2.42. The van der Waals surface area contributed by atoms with Gasteiger partial charge in [-0.2, -0.15) is 0 Å². The number of nitrogens with one attached hydrogen (secondary N) is 1. The summed E-state index contributed by atoms with van der Waals surface area (Å²) in [5.74, 6) is 0.168. The monoisotopic (exact) mass is 145 g/mol. The standard InChI is InChI=1S/C6H11NOS/c1-6(2)4(8)7-5(6)9-3/h5H,1-3H3,(H,7,8). The van der Waals surface area contributed by atoms with Gasteiger partial charge in [-0.25, -0.2) is 0 Å². The molecule has 0 aromatic rings. The van der Waals surface area contributed by atoms with E-state index in [9.17, 15) is 4.79 Å². The van der Waals surface area contributed by atoms with Crippen LogP contribution in [0.15, 0.2) is 0 Å². The molecule has 1 aliphatic rings. The van der Waals surface area contributed by atoms with Crippen LogP contribution >= 0.6 is 11.8 Å². The zero-order valence-electron chi connectivity index (χ0n) is 5.89. The normalized spacial score (nSPS) is 31.0. The maximum atomic E-state index is 10.8. The molecule has 0 spiro atoms. The molecule has 0 aliphatic carbocycles. The molecule has 1 saturated heterocycles. The van der Waals surface area contributed by atoms with Crippen LogP contribution in [0.25, 0.3) is 0 Å². The lowest BCUT2D eigenvalue weighted by atomic mass is 9.85. The quantitative estimate of drug-likeness (QED) is 0.554. The highest BCUT2D eigenvalue weighted by atomic mass is 32.2. The first-order valence-corrected chi connectivity index (χ1v) is 4.21. The number of rotatable bonds is 1. The Morgan fingerprint density at radius 3 is 2.33 bits per heavy atom. The van der Waals surface area contributed by atoms with Crippen molar-refractivity contribution in [1.82, 2.24) is 5.32 Å². The molecule has 0 aromatic carbocycles. The van der Waals surface area contributed by atoms with E-state index in [-0.39, 0.29) is 11.3 Å². The first-order chi connectivity index (χ1) is 4.09. The van der Waals surface area contributed by atoms with Gasteiger partial charge in [-0.15, -0.1) is 11.8 Å². The smallest absolute Gasteiger partial charge is 0.229 e. The number of β-lactam (4-membered cyclic amide) rings is 1. The Balaban J connectivity index is 2.58. The summed E-state index contributed by atoms with van der Waals surface area (Å²) in [5.41, 5.74) is -0.139. The van der Waals surface area contributed by atoms with E-state index in [1.54, 1.807) is 11.8 Å². The molecule has 1 rings (SSSR count). The van der Waals surface area contributed by atoms with Crippen molar-refractivity contribution in [3.8, 4) is 0 Å². The third kappa shape index (κ3) is 0.834. The second kappa shape index (κ2) is 1.90. The molecule has 1 fully saturated rings. The molecule has 0 bridgehead atoms. The largest absolute Gasteiger partial charge is 0.343 e. The first kappa shape index (κ1) is 6.93. The van der Waals surface area contributed by atoms with Gasteiger partial charge >= 0.3 is 0 Å². The lowest BCUT2D eigenvalue weighted by Crippen LogP contribution is -2.62. The molecule has 1 heterocycles. The van der Waals surface area contributed by atoms with Crippen molar-refractivity contribution >= 4 is 17.7 Å². The summed E-state index contributed by atoms with van der Waals surface area (Å²) in [6, 6.07) is 0. The van der Waals surface area contributed by atoms with E-state index in [1.807, 2.05) is 20.1 Å². The van der Waals surface area contributed by atoms with Crippen LogP contribution in [-0.4, -0.2) is 17.5 Å². The molecule has 1 N–H and O–H groups in total. The van der Waals surface area contributed by atoms with E-state index in [1.165, 1.54) is 0 Å². The number of carbonyl (C=O) groups excluding carboxylic acids is 1. The van der Waals surface area contributed by atoms with Gasteiger partial charge in [-0.1, -0.05) is 0 Å². The molecule has 3 heteroatoms. The zero-order chi connectivity index (χ0) is 7.07. The summed E-state index contributed by atoms with van der Waals surface area (Å²) in [5, 5.41) is 3.13. The maximum absolute atomic E-state index is 10.8. The van der Waals surface area contributed by atoms with Crippen LogP contribution in [0.5, 0.6) is 0 Å². The summed E-state index contributed by atoms with van der Waals surface area (Å²) < 4.78 is 0. The summed E-state index contributed by atoms with van der Waals surface area (Å²) in [6.07, 6.45) is 2.01. The van der Waals surface area contributed by atoms with Crippen LogP contribution in [0.4, 0.5) is 0 Å². The number of hydrogen-bond acceptors (Lipinski definition) is 2. The van der Waals surface area contributed by atoms with E-state index < -0.39 is 0 Å². The van der Waals surface area contributed by atoms with Gasteiger partial charge in [0.05, 0.1) is 10.8 Å².